The van der Waals surface area contributed by atoms with Gasteiger partial charge in [-0.25, -0.2) is 4.79 Å². The molecule has 0 amide bonds. The summed E-state index contributed by atoms with van der Waals surface area (Å²) in [6, 6.07) is 3.06. The molecule has 1 aliphatic rings. The molecule has 1 fully saturated rings. The molecule has 20 heavy (non-hydrogen) atoms. The Morgan fingerprint density at radius 1 is 1.30 bits per heavy atom. The van der Waals surface area contributed by atoms with E-state index in [1.165, 1.54) is 12.1 Å². The Kier molecular flexibility index (Phi) is 4.12. The van der Waals surface area contributed by atoms with Crippen molar-refractivity contribution in [1.82, 2.24) is 4.90 Å². The van der Waals surface area contributed by atoms with Crippen molar-refractivity contribution in [3.63, 3.8) is 0 Å². The Bertz CT molecular complexity index is 573. The van der Waals surface area contributed by atoms with E-state index in [1.54, 1.807) is 13.0 Å². The van der Waals surface area contributed by atoms with Gasteiger partial charge < -0.3 is 9.80 Å². The Hall–Kier alpha value is -2.24. The van der Waals surface area contributed by atoms with Gasteiger partial charge in [-0.1, -0.05) is 0 Å². The quantitative estimate of drug-likeness (QED) is 0.363. The van der Waals surface area contributed by atoms with Crippen LogP contribution in [-0.2, 0) is 4.79 Å². The fourth-order valence-electron chi connectivity index (χ4n) is 2.29. The van der Waals surface area contributed by atoms with E-state index in [0.717, 1.165) is 13.1 Å². The highest BCUT2D eigenvalue weighted by atomic mass is 16.6. The van der Waals surface area contributed by atoms with Crippen molar-refractivity contribution in [1.29, 1.82) is 0 Å². The molecule has 0 N–H and O–H groups in total. The number of rotatable bonds is 3. The molecule has 7 heteroatoms. The number of nitro benzene ring substituents is 1. The van der Waals surface area contributed by atoms with Crippen LogP contribution in [0, 0.1) is 17.0 Å². The molecular weight excluding hydrogens is 260 g/mol. The van der Waals surface area contributed by atoms with Crippen LogP contribution < -0.4 is 4.90 Å². The average molecular weight is 276 g/mol. The monoisotopic (exact) mass is 276 g/mol. The van der Waals surface area contributed by atoms with E-state index in [1.807, 2.05) is 11.9 Å². The van der Waals surface area contributed by atoms with Gasteiger partial charge in [-0.15, -0.1) is 0 Å². The molecule has 106 valence electrons. The number of nitro groups is 1. The number of hydrogen-bond acceptors (Lipinski definition) is 6. The maximum Gasteiger partial charge on any atom is 0.292 e. The molecule has 0 spiro atoms. The van der Waals surface area contributed by atoms with E-state index in [-0.39, 0.29) is 5.69 Å². The molecule has 0 aromatic heterocycles. The minimum absolute atomic E-state index is 0.0527. The van der Waals surface area contributed by atoms with Crippen LogP contribution in [0.4, 0.5) is 17.1 Å². The lowest BCUT2D eigenvalue weighted by molar-refractivity contribution is -0.384. The van der Waals surface area contributed by atoms with E-state index in [9.17, 15) is 14.9 Å². The van der Waals surface area contributed by atoms with E-state index >= 15 is 0 Å². The first-order valence-electron chi connectivity index (χ1n) is 6.33. The molecule has 1 heterocycles. The van der Waals surface area contributed by atoms with Gasteiger partial charge in [0.05, 0.1) is 10.6 Å². The number of benzene rings is 1. The van der Waals surface area contributed by atoms with Crippen molar-refractivity contribution < 1.29 is 9.72 Å². The fraction of sp³-hybridized carbons (Fsp3) is 0.462. The highest BCUT2D eigenvalue weighted by Gasteiger charge is 2.24. The van der Waals surface area contributed by atoms with Gasteiger partial charge in [0.25, 0.3) is 5.69 Å². The number of nitrogens with zero attached hydrogens (tertiary/aromatic N) is 4. The summed E-state index contributed by atoms with van der Waals surface area (Å²) in [7, 11) is 2.02. The van der Waals surface area contributed by atoms with Crippen molar-refractivity contribution in [3.8, 4) is 0 Å². The third-order valence-electron chi connectivity index (χ3n) is 3.50. The van der Waals surface area contributed by atoms with Crippen molar-refractivity contribution in [3.05, 3.63) is 27.8 Å². The molecule has 1 saturated heterocycles. The number of aliphatic imine (C=N–C) groups is 1. The van der Waals surface area contributed by atoms with Gasteiger partial charge in [0.15, 0.2) is 0 Å². The zero-order valence-corrected chi connectivity index (χ0v) is 11.5. The van der Waals surface area contributed by atoms with Crippen LogP contribution in [0.1, 0.15) is 5.56 Å². The minimum atomic E-state index is -0.394. The van der Waals surface area contributed by atoms with Gasteiger partial charge >= 0.3 is 0 Å². The van der Waals surface area contributed by atoms with Gasteiger partial charge in [-0.2, -0.15) is 4.99 Å². The Morgan fingerprint density at radius 2 is 1.95 bits per heavy atom. The SMILES string of the molecule is Cc1cc([N+](=O)[O-])c(N2CCN(C)CC2)cc1N=C=O. The van der Waals surface area contributed by atoms with Gasteiger partial charge in [-0.3, -0.25) is 10.1 Å². The van der Waals surface area contributed by atoms with Crippen LogP contribution in [0.25, 0.3) is 0 Å². The Balaban J connectivity index is 2.45. The molecule has 0 bridgehead atoms. The zero-order valence-electron chi connectivity index (χ0n) is 11.5. The Labute approximate surface area is 116 Å². The molecule has 0 atom stereocenters. The van der Waals surface area contributed by atoms with Crippen LogP contribution in [0.2, 0.25) is 0 Å². The molecule has 0 unspecified atom stereocenters. The largest absolute Gasteiger partial charge is 0.363 e. The predicted molar refractivity (Wildman–Crippen MR) is 75.3 cm³/mol. The maximum absolute atomic E-state index is 11.2. The van der Waals surface area contributed by atoms with Gasteiger partial charge in [0, 0.05) is 32.2 Å². The smallest absolute Gasteiger partial charge is 0.292 e. The lowest BCUT2D eigenvalue weighted by atomic mass is 10.1. The number of isocyanates is 1. The topological polar surface area (TPSA) is 79.1 Å². The summed E-state index contributed by atoms with van der Waals surface area (Å²) in [6.45, 7) is 4.81. The van der Waals surface area contributed by atoms with Crippen molar-refractivity contribution in [2.45, 2.75) is 6.92 Å². The number of carbonyl (C=O) groups excluding carboxylic acids is 1. The summed E-state index contributed by atoms with van der Waals surface area (Å²) in [5.41, 5.74) is 1.59. The highest BCUT2D eigenvalue weighted by molar-refractivity contribution is 5.72. The number of hydrogen-bond donors (Lipinski definition) is 0. The minimum Gasteiger partial charge on any atom is -0.363 e. The second kappa shape index (κ2) is 5.81. The first kappa shape index (κ1) is 14.2. The zero-order chi connectivity index (χ0) is 14.7. The number of piperazine rings is 1. The summed E-state index contributed by atoms with van der Waals surface area (Å²) < 4.78 is 0. The summed E-state index contributed by atoms with van der Waals surface area (Å²) in [4.78, 5) is 29.0. The summed E-state index contributed by atoms with van der Waals surface area (Å²) in [5.74, 6) is 0. The average Bonchev–Trinajstić information content (AvgIpc) is 2.41. The fourth-order valence-corrected chi connectivity index (χ4v) is 2.29. The molecule has 1 aromatic rings. The van der Waals surface area contributed by atoms with E-state index in [0.29, 0.717) is 30.0 Å². The Morgan fingerprint density at radius 3 is 2.50 bits per heavy atom. The number of aryl methyl sites for hydroxylation is 1. The highest BCUT2D eigenvalue weighted by Crippen LogP contribution is 2.35. The lowest BCUT2D eigenvalue weighted by Crippen LogP contribution is -2.44. The number of anilines is 1. The van der Waals surface area contributed by atoms with Crippen molar-refractivity contribution in [2.24, 2.45) is 4.99 Å². The molecule has 2 rings (SSSR count). The van der Waals surface area contributed by atoms with Crippen LogP contribution in [0.5, 0.6) is 0 Å². The summed E-state index contributed by atoms with van der Waals surface area (Å²) in [6.07, 6.45) is 1.49. The van der Waals surface area contributed by atoms with E-state index in [4.69, 9.17) is 0 Å². The lowest BCUT2D eigenvalue weighted by Gasteiger charge is -2.33. The molecule has 0 saturated carbocycles. The van der Waals surface area contributed by atoms with Crippen LogP contribution in [-0.4, -0.2) is 49.1 Å². The second-order valence-corrected chi connectivity index (χ2v) is 4.88. The molecular formula is C13H16N4O3. The van der Waals surface area contributed by atoms with Gasteiger partial charge in [-0.05, 0) is 25.6 Å². The molecule has 1 aromatic carbocycles. The van der Waals surface area contributed by atoms with Crippen LogP contribution in [0.3, 0.4) is 0 Å². The predicted octanol–water partition coefficient (Wildman–Crippen LogP) is 1.62. The van der Waals surface area contributed by atoms with E-state index in [2.05, 4.69) is 9.89 Å². The van der Waals surface area contributed by atoms with E-state index < -0.39 is 4.92 Å². The van der Waals surface area contributed by atoms with Crippen molar-refractivity contribution >= 4 is 23.1 Å². The van der Waals surface area contributed by atoms with Crippen LogP contribution >= 0.6 is 0 Å². The first-order valence-corrected chi connectivity index (χ1v) is 6.33. The standard InChI is InChI=1S/C13H16N4O3/c1-10-7-13(17(19)20)12(8-11(10)14-9-18)16-5-3-15(2)4-6-16/h7-8H,3-6H2,1-2H3. The summed E-state index contributed by atoms with van der Waals surface area (Å²) >= 11 is 0. The molecule has 7 nitrogen and oxygen atoms in total. The molecule has 1 aliphatic heterocycles. The molecule has 0 radical (unpaired) electrons. The summed E-state index contributed by atoms with van der Waals surface area (Å²) in [5, 5.41) is 11.2. The normalized spacial score (nSPS) is 15.8. The second-order valence-electron chi connectivity index (χ2n) is 4.88. The van der Waals surface area contributed by atoms with Gasteiger partial charge in [0.2, 0.25) is 6.08 Å². The maximum atomic E-state index is 11.2. The number of likely N-dealkylation sites (N-methyl/N-ethyl adjacent to an activating group) is 1. The van der Waals surface area contributed by atoms with Crippen LogP contribution in [0.15, 0.2) is 17.1 Å². The first-order chi connectivity index (χ1) is 9.52. The van der Waals surface area contributed by atoms with Gasteiger partial charge in [0.1, 0.15) is 5.69 Å². The molecule has 0 aliphatic carbocycles. The third-order valence-corrected chi connectivity index (χ3v) is 3.50. The van der Waals surface area contributed by atoms with Crippen molar-refractivity contribution in [2.75, 3.05) is 38.1 Å². The third kappa shape index (κ3) is 2.84.